The topological polar surface area (TPSA) is 8.17 Å². The minimum Gasteiger partial charge on any atom is -0.310 e. The fraction of sp³-hybridized carbons (Fsp3) is 0. The zero-order chi connectivity index (χ0) is 46.4. The van der Waals surface area contributed by atoms with Crippen LogP contribution in [-0.4, -0.2) is 4.57 Å². The normalized spacial score (nSPS) is 11.4. The second-order valence-electron chi connectivity index (χ2n) is 18.0. The summed E-state index contributed by atoms with van der Waals surface area (Å²) in [6.45, 7) is 0. The van der Waals surface area contributed by atoms with E-state index in [2.05, 4.69) is 289 Å². The molecule has 0 unspecified atom stereocenters. The van der Waals surface area contributed by atoms with Gasteiger partial charge in [-0.1, -0.05) is 212 Å². The highest BCUT2D eigenvalue weighted by atomic mass is 15.1. The van der Waals surface area contributed by atoms with Crippen molar-refractivity contribution < 1.29 is 0 Å². The predicted molar refractivity (Wildman–Crippen MR) is 298 cm³/mol. The number of hydrogen-bond donors (Lipinski definition) is 0. The molecule has 0 aliphatic carbocycles. The lowest BCUT2D eigenvalue weighted by Crippen LogP contribution is -2.10. The van der Waals surface area contributed by atoms with Gasteiger partial charge in [0.25, 0.3) is 0 Å². The number of para-hydroxylation sites is 2. The maximum absolute atomic E-state index is 2.42. The average molecular weight is 891 g/mol. The van der Waals surface area contributed by atoms with Gasteiger partial charge in [-0.3, -0.25) is 0 Å². The van der Waals surface area contributed by atoms with Gasteiger partial charge in [0, 0.05) is 33.5 Å². The molecule has 328 valence electrons. The Morgan fingerprint density at radius 2 is 0.700 bits per heavy atom. The minimum atomic E-state index is 1.08. The van der Waals surface area contributed by atoms with Gasteiger partial charge in [-0.05, 0) is 144 Å². The summed E-state index contributed by atoms with van der Waals surface area (Å²) >= 11 is 0. The van der Waals surface area contributed by atoms with Crippen LogP contribution in [0.2, 0.25) is 0 Å². The van der Waals surface area contributed by atoms with Crippen LogP contribution in [0.1, 0.15) is 0 Å². The average Bonchev–Trinajstić information content (AvgIpc) is 3.79. The van der Waals surface area contributed by atoms with Gasteiger partial charge in [0.05, 0.1) is 11.0 Å². The number of benzene rings is 12. The van der Waals surface area contributed by atoms with Crippen molar-refractivity contribution in [2.24, 2.45) is 0 Å². The number of hydrogen-bond acceptors (Lipinski definition) is 1. The second-order valence-corrected chi connectivity index (χ2v) is 18.0. The molecule has 0 saturated heterocycles. The van der Waals surface area contributed by atoms with Crippen molar-refractivity contribution >= 4 is 60.4 Å². The van der Waals surface area contributed by atoms with E-state index in [1.54, 1.807) is 0 Å². The van der Waals surface area contributed by atoms with Crippen molar-refractivity contribution in [2.45, 2.75) is 0 Å². The molecule has 0 N–H and O–H groups in total. The quantitative estimate of drug-likeness (QED) is 0.131. The van der Waals surface area contributed by atoms with E-state index in [1.807, 2.05) is 0 Å². The molecule has 1 aromatic heterocycles. The molecule has 0 bridgehead atoms. The maximum atomic E-state index is 2.42. The van der Waals surface area contributed by atoms with Gasteiger partial charge >= 0.3 is 0 Å². The number of nitrogens with zero attached hydrogens (tertiary/aromatic N) is 2. The fourth-order valence-electron chi connectivity index (χ4n) is 10.8. The Kier molecular flexibility index (Phi) is 10.2. The number of rotatable bonds is 9. The van der Waals surface area contributed by atoms with Crippen LogP contribution >= 0.6 is 0 Å². The molecule has 2 nitrogen and oxygen atoms in total. The number of aromatic nitrogens is 1. The van der Waals surface area contributed by atoms with Crippen molar-refractivity contribution in [3.63, 3.8) is 0 Å². The van der Waals surface area contributed by atoms with Crippen LogP contribution in [0.25, 0.3) is 105 Å². The lowest BCUT2D eigenvalue weighted by molar-refractivity contribution is 1.18. The van der Waals surface area contributed by atoms with E-state index in [0.717, 1.165) is 33.9 Å². The molecule has 2 heteroatoms. The minimum absolute atomic E-state index is 1.08. The lowest BCUT2D eigenvalue weighted by Gasteiger charge is -2.27. The Morgan fingerprint density at radius 1 is 0.243 bits per heavy atom. The smallest absolute Gasteiger partial charge is 0.0547 e. The summed E-state index contributed by atoms with van der Waals surface area (Å²) in [7, 11) is 0. The van der Waals surface area contributed by atoms with E-state index in [4.69, 9.17) is 0 Å². The van der Waals surface area contributed by atoms with Gasteiger partial charge in [0.15, 0.2) is 0 Å². The van der Waals surface area contributed by atoms with E-state index in [1.165, 1.54) is 87.9 Å². The molecule has 0 amide bonds. The molecular weight excluding hydrogens is 845 g/mol. The van der Waals surface area contributed by atoms with Crippen molar-refractivity contribution in [3.8, 4) is 61.3 Å². The number of fused-ring (bicyclic) bond motifs is 6. The first-order valence-electron chi connectivity index (χ1n) is 24.1. The first-order valence-corrected chi connectivity index (χ1v) is 24.1. The van der Waals surface area contributed by atoms with Crippen molar-refractivity contribution in [1.82, 2.24) is 4.57 Å². The van der Waals surface area contributed by atoms with Crippen LogP contribution in [0.4, 0.5) is 17.1 Å². The maximum Gasteiger partial charge on any atom is 0.0547 e. The summed E-state index contributed by atoms with van der Waals surface area (Å²) in [4.78, 5) is 2.40. The summed E-state index contributed by atoms with van der Waals surface area (Å²) in [5.74, 6) is 0. The van der Waals surface area contributed by atoms with Gasteiger partial charge < -0.3 is 9.47 Å². The zero-order valence-electron chi connectivity index (χ0n) is 38.5. The Morgan fingerprint density at radius 3 is 1.36 bits per heavy atom. The molecule has 12 aromatic carbocycles. The van der Waals surface area contributed by atoms with E-state index in [0.29, 0.717) is 0 Å². The highest BCUT2D eigenvalue weighted by molar-refractivity contribution is 6.22. The second kappa shape index (κ2) is 17.4. The first kappa shape index (κ1) is 41.0. The molecule has 70 heavy (non-hydrogen) atoms. The van der Waals surface area contributed by atoms with Crippen LogP contribution in [-0.2, 0) is 0 Å². The molecule has 13 aromatic rings. The van der Waals surface area contributed by atoms with Gasteiger partial charge in [-0.15, -0.1) is 0 Å². The van der Waals surface area contributed by atoms with E-state index in [9.17, 15) is 0 Å². The highest BCUT2D eigenvalue weighted by Crippen LogP contribution is 2.47. The molecule has 0 radical (unpaired) electrons. The summed E-state index contributed by atoms with van der Waals surface area (Å²) in [6.07, 6.45) is 0. The SMILES string of the molecule is c1ccc(-c2cccc(N(c3ccc(-c4cccc5c4c4ccccc4n5-c4ccccc4)cc3)c3cccc(-c4ccc5c(c4)c(-c4ccccc4)c(-c4ccccc4)c4ccccc45)c3)c2)cc1. The van der Waals surface area contributed by atoms with E-state index >= 15 is 0 Å². The molecule has 0 aliphatic heterocycles. The van der Waals surface area contributed by atoms with Crippen LogP contribution in [0.3, 0.4) is 0 Å². The lowest BCUT2D eigenvalue weighted by atomic mass is 9.84. The Hall–Kier alpha value is -9.24. The third kappa shape index (κ3) is 7.13. The largest absolute Gasteiger partial charge is 0.310 e. The Balaban J connectivity index is 0.970. The molecule has 1 heterocycles. The molecule has 0 aliphatic rings. The van der Waals surface area contributed by atoms with Crippen LogP contribution < -0.4 is 4.90 Å². The van der Waals surface area contributed by atoms with Gasteiger partial charge in [-0.25, -0.2) is 0 Å². The van der Waals surface area contributed by atoms with Crippen molar-refractivity contribution in [2.75, 3.05) is 4.90 Å². The third-order valence-electron chi connectivity index (χ3n) is 13.9. The summed E-state index contributed by atoms with van der Waals surface area (Å²) in [5.41, 5.74) is 18.8. The third-order valence-corrected chi connectivity index (χ3v) is 13.9. The molecule has 0 atom stereocenters. The summed E-state index contributed by atoms with van der Waals surface area (Å²) in [6, 6.07) is 102. The van der Waals surface area contributed by atoms with Gasteiger partial charge in [-0.2, -0.15) is 0 Å². The molecular formula is C68H46N2. The standard InChI is InChI=1S/C68H46N2/c1-5-20-47(21-6-1)51-26-17-30-56(44-51)69(55-41-38-48(39-42-55)58-35-19-37-65-68(58)62-34-15-16-36-64(62)70(65)54-28-11-4-12-29-54)57-31-18-27-52(45-57)53-40-43-60-59-32-13-14-33-61(59)66(49-22-7-2-8-23-49)67(63(60)46-53)50-24-9-3-10-25-50/h1-46H. The van der Waals surface area contributed by atoms with Crippen molar-refractivity contribution in [1.29, 1.82) is 0 Å². The number of anilines is 3. The van der Waals surface area contributed by atoms with E-state index < -0.39 is 0 Å². The van der Waals surface area contributed by atoms with Crippen LogP contribution in [0.5, 0.6) is 0 Å². The van der Waals surface area contributed by atoms with Crippen molar-refractivity contribution in [3.05, 3.63) is 279 Å². The molecule has 0 spiro atoms. The van der Waals surface area contributed by atoms with Crippen LogP contribution in [0.15, 0.2) is 279 Å². The Bertz CT molecular complexity index is 4020. The fourth-order valence-corrected chi connectivity index (χ4v) is 10.8. The summed E-state index contributed by atoms with van der Waals surface area (Å²) in [5, 5.41) is 7.48. The van der Waals surface area contributed by atoms with Crippen LogP contribution in [0, 0.1) is 0 Å². The zero-order valence-corrected chi connectivity index (χ0v) is 38.5. The highest BCUT2D eigenvalue weighted by Gasteiger charge is 2.21. The monoisotopic (exact) mass is 890 g/mol. The van der Waals surface area contributed by atoms with E-state index in [-0.39, 0.29) is 0 Å². The molecule has 0 fully saturated rings. The first-order chi connectivity index (χ1) is 34.7. The summed E-state index contributed by atoms with van der Waals surface area (Å²) < 4.78 is 2.39. The van der Waals surface area contributed by atoms with Gasteiger partial charge in [0.1, 0.15) is 0 Å². The predicted octanol–water partition coefficient (Wildman–Crippen LogP) is 18.9. The molecule has 0 saturated carbocycles. The molecule has 13 rings (SSSR count). The Labute approximate surface area is 408 Å². The van der Waals surface area contributed by atoms with Gasteiger partial charge in [0.2, 0.25) is 0 Å².